The van der Waals surface area contributed by atoms with Crippen molar-refractivity contribution in [1.29, 1.82) is 5.26 Å². The fraction of sp³-hybridized carbons (Fsp3) is 0.250. The number of nitriles is 1. The second-order valence-corrected chi connectivity index (χ2v) is 3.80. The Hall–Kier alpha value is -2.39. The highest BCUT2D eigenvalue weighted by atomic mass is 16.6. The Morgan fingerprint density at radius 3 is 2.89 bits per heavy atom. The van der Waals surface area contributed by atoms with Gasteiger partial charge in [-0.1, -0.05) is 0 Å². The minimum Gasteiger partial charge on any atom is -0.364 e. The summed E-state index contributed by atoms with van der Waals surface area (Å²) in [5.74, 6) is 0. The second-order valence-electron chi connectivity index (χ2n) is 3.80. The molecule has 6 nitrogen and oxygen atoms in total. The van der Waals surface area contributed by atoms with Gasteiger partial charge in [-0.25, -0.2) is 0 Å². The van der Waals surface area contributed by atoms with E-state index in [-0.39, 0.29) is 12.1 Å². The number of benzene rings is 1. The van der Waals surface area contributed by atoms with E-state index in [9.17, 15) is 10.1 Å². The van der Waals surface area contributed by atoms with Crippen molar-refractivity contribution >= 4 is 16.6 Å². The SMILES string of the molecule is COCn1ccc2ccc([N+](=O)[O-])c(CC#N)c21. The van der Waals surface area contributed by atoms with Crippen LogP contribution in [0.1, 0.15) is 5.56 Å². The Labute approximate surface area is 103 Å². The van der Waals surface area contributed by atoms with Gasteiger partial charge < -0.3 is 9.30 Å². The van der Waals surface area contributed by atoms with Crippen LogP contribution in [0, 0.1) is 21.4 Å². The van der Waals surface area contributed by atoms with Crippen LogP contribution < -0.4 is 0 Å². The maximum atomic E-state index is 11.0. The molecule has 0 fully saturated rings. The lowest BCUT2D eigenvalue weighted by Crippen LogP contribution is -2.02. The van der Waals surface area contributed by atoms with Gasteiger partial charge in [-0.15, -0.1) is 0 Å². The molecule has 6 heteroatoms. The molecule has 1 aromatic heterocycles. The lowest BCUT2D eigenvalue weighted by Gasteiger charge is -2.07. The van der Waals surface area contributed by atoms with Crippen molar-refractivity contribution in [3.05, 3.63) is 40.1 Å². The molecule has 0 N–H and O–H groups in total. The molecular formula is C12H11N3O3. The molecule has 0 spiro atoms. The quantitative estimate of drug-likeness (QED) is 0.611. The molecular weight excluding hydrogens is 234 g/mol. The van der Waals surface area contributed by atoms with Gasteiger partial charge in [-0.05, 0) is 12.1 Å². The Kier molecular flexibility index (Phi) is 3.26. The van der Waals surface area contributed by atoms with Gasteiger partial charge in [0.15, 0.2) is 0 Å². The monoisotopic (exact) mass is 245 g/mol. The molecule has 18 heavy (non-hydrogen) atoms. The van der Waals surface area contributed by atoms with Crippen molar-refractivity contribution in [3.8, 4) is 6.07 Å². The molecule has 0 aliphatic heterocycles. The van der Waals surface area contributed by atoms with Crippen molar-refractivity contribution in [3.63, 3.8) is 0 Å². The van der Waals surface area contributed by atoms with Gasteiger partial charge in [0.2, 0.25) is 0 Å². The van der Waals surface area contributed by atoms with E-state index in [0.29, 0.717) is 17.8 Å². The largest absolute Gasteiger partial charge is 0.364 e. The van der Waals surface area contributed by atoms with Crippen LogP contribution in [0.3, 0.4) is 0 Å². The van der Waals surface area contributed by atoms with Crippen molar-refractivity contribution < 1.29 is 9.66 Å². The third-order valence-electron chi connectivity index (χ3n) is 2.73. The summed E-state index contributed by atoms with van der Waals surface area (Å²) < 4.78 is 6.80. The van der Waals surface area contributed by atoms with E-state index in [1.165, 1.54) is 6.07 Å². The van der Waals surface area contributed by atoms with Gasteiger partial charge in [-0.3, -0.25) is 10.1 Å². The second kappa shape index (κ2) is 4.85. The van der Waals surface area contributed by atoms with Crippen molar-refractivity contribution in [2.45, 2.75) is 13.2 Å². The number of nitro benzene ring substituents is 1. The standard InChI is InChI=1S/C12H11N3O3/c1-18-8-14-7-5-9-2-3-11(15(16)17)10(4-6-13)12(9)14/h2-3,5,7H,4,8H2,1H3. The number of aromatic nitrogens is 1. The van der Waals surface area contributed by atoms with Crippen LogP contribution >= 0.6 is 0 Å². The van der Waals surface area contributed by atoms with Crippen LogP contribution in [0.5, 0.6) is 0 Å². The van der Waals surface area contributed by atoms with Crippen LogP contribution in [0.25, 0.3) is 10.9 Å². The first kappa shape index (κ1) is 12.1. The molecule has 0 unspecified atom stereocenters. The summed E-state index contributed by atoms with van der Waals surface area (Å²) in [7, 11) is 1.55. The van der Waals surface area contributed by atoms with Gasteiger partial charge in [0.25, 0.3) is 5.69 Å². The molecule has 0 saturated carbocycles. The summed E-state index contributed by atoms with van der Waals surface area (Å²) in [6.07, 6.45) is 1.79. The van der Waals surface area contributed by atoms with E-state index in [2.05, 4.69) is 0 Å². The molecule has 0 aliphatic rings. The third kappa shape index (κ3) is 1.92. The van der Waals surface area contributed by atoms with Gasteiger partial charge in [0, 0.05) is 24.8 Å². The first-order chi connectivity index (χ1) is 8.69. The predicted molar refractivity (Wildman–Crippen MR) is 64.9 cm³/mol. The molecule has 0 atom stereocenters. The lowest BCUT2D eigenvalue weighted by molar-refractivity contribution is -0.385. The number of hydrogen-bond donors (Lipinski definition) is 0. The highest BCUT2D eigenvalue weighted by Gasteiger charge is 2.19. The summed E-state index contributed by atoms with van der Waals surface area (Å²) in [6.45, 7) is 0.295. The first-order valence-corrected chi connectivity index (χ1v) is 5.30. The molecule has 0 bridgehead atoms. The minimum absolute atomic E-state index is 0.00137. The molecule has 0 aliphatic carbocycles. The van der Waals surface area contributed by atoms with Crippen molar-refractivity contribution in [2.24, 2.45) is 0 Å². The van der Waals surface area contributed by atoms with Crippen molar-refractivity contribution in [1.82, 2.24) is 4.57 Å². The lowest BCUT2D eigenvalue weighted by atomic mass is 10.1. The Morgan fingerprint density at radius 2 is 2.28 bits per heavy atom. The summed E-state index contributed by atoms with van der Waals surface area (Å²) >= 11 is 0. The Morgan fingerprint density at radius 1 is 1.50 bits per heavy atom. The molecule has 2 aromatic rings. The van der Waals surface area contributed by atoms with E-state index in [0.717, 1.165) is 5.39 Å². The molecule has 0 amide bonds. The third-order valence-corrected chi connectivity index (χ3v) is 2.73. The first-order valence-electron chi connectivity index (χ1n) is 5.30. The maximum absolute atomic E-state index is 11.0. The molecule has 1 heterocycles. The fourth-order valence-corrected chi connectivity index (χ4v) is 2.03. The molecule has 0 radical (unpaired) electrons. The zero-order valence-electron chi connectivity index (χ0n) is 9.79. The predicted octanol–water partition coefficient (Wildman–Crippen LogP) is 2.22. The van der Waals surface area contributed by atoms with Crippen LogP contribution in [0.15, 0.2) is 24.4 Å². The van der Waals surface area contributed by atoms with E-state index in [4.69, 9.17) is 10.00 Å². The number of fused-ring (bicyclic) bond motifs is 1. The topological polar surface area (TPSA) is 81.1 Å². The van der Waals surface area contributed by atoms with Gasteiger partial charge >= 0.3 is 0 Å². The molecule has 2 rings (SSSR count). The highest BCUT2D eigenvalue weighted by molar-refractivity contribution is 5.87. The van der Waals surface area contributed by atoms with E-state index in [1.807, 2.05) is 12.1 Å². The van der Waals surface area contributed by atoms with Gasteiger partial charge in [0.05, 0.1) is 28.5 Å². The smallest absolute Gasteiger partial charge is 0.275 e. The molecule has 0 saturated heterocycles. The normalized spacial score (nSPS) is 10.4. The van der Waals surface area contributed by atoms with Crippen LogP contribution in [0.2, 0.25) is 0 Å². The number of ether oxygens (including phenoxy) is 1. The Bertz CT molecular complexity index is 640. The summed E-state index contributed by atoms with van der Waals surface area (Å²) in [5.41, 5.74) is 1.09. The van der Waals surface area contributed by atoms with E-state index >= 15 is 0 Å². The number of hydrogen-bond acceptors (Lipinski definition) is 4. The van der Waals surface area contributed by atoms with Crippen molar-refractivity contribution in [2.75, 3.05) is 7.11 Å². The average Bonchev–Trinajstić information content (AvgIpc) is 2.74. The van der Waals surface area contributed by atoms with Gasteiger partial charge in [-0.2, -0.15) is 5.26 Å². The number of nitrogens with zero attached hydrogens (tertiary/aromatic N) is 3. The number of rotatable bonds is 4. The van der Waals surface area contributed by atoms with E-state index in [1.54, 1.807) is 23.9 Å². The fourth-order valence-electron chi connectivity index (χ4n) is 2.03. The molecule has 1 aromatic carbocycles. The average molecular weight is 245 g/mol. The van der Waals surface area contributed by atoms with Gasteiger partial charge in [0.1, 0.15) is 6.73 Å². The summed E-state index contributed by atoms with van der Waals surface area (Å²) in [4.78, 5) is 10.5. The Balaban J connectivity index is 2.74. The zero-order chi connectivity index (χ0) is 13.1. The van der Waals surface area contributed by atoms with Crippen LogP contribution in [-0.4, -0.2) is 16.6 Å². The number of nitro groups is 1. The van der Waals surface area contributed by atoms with Crippen LogP contribution in [0.4, 0.5) is 5.69 Å². The van der Waals surface area contributed by atoms with Crippen LogP contribution in [-0.2, 0) is 17.9 Å². The maximum Gasteiger partial charge on any atom is 0.275 e. The number of methoxy groups -OCH3 is 1. The summed E-state index contributed by atoms with van der Waals surface area (Å²) in [5, 5.41) is 20.7. The highest BCUT2D eigenvalue weighted by Crippen LogP contribution is 2.29. The summed E-state index contributed by atoms with van der Waals surface area (Å²) in [6, 6.07) is 6.94. The molecule has 92 valence electrons. The van der Waals surface area contributed by atoms with E-state index < -0.39 is 4.92 Å². The zero-order valence-corrected chi connectivity index (χ0v) is 9.79. The minimum atomic E-state index is -0.462.